The molecule has 6 heteroatoms. The van der Waals surface area contributed by atoms with Crippen LogP contribution in [0.15, 0.2) is 27.3 Å². The Morgan fingerprint density at radius 3 is 3.00 bits per heavy atom. The molecule has 3 heterocycles. The van der Waals surface area contributed by atoms with Gasteiger partial charge in [0.05, 0.1) is 5.41 Å². The monoisotopic (exact) mass is 336 g/mol. The summed E-state index contributed by atoms with van der Waals surface area (Å²) >= 11 is 3.37. The summed E-state index contributed by atoms with van der Waals surface area (Å²) in [7, 11) is 0. The summed E-state index contributed by atoms with van der Waals surface area (Å²) in [6, 6.07) is 3.81. The van der Waals surface area contributed by atoms with Crippen molar-refractivity contribution in [2.75, 3.05) is 13.1 Å². The number of rotatable bonds is 3. The second-order valence-corrected chi connectivity index (χ2v) is 6.11. The van der Waals surface area contributed by atoms with Crippen LogP contribution in [0.5, 0.6) is 0 Å². The lowest BCUT2D eigenvalue weighted by Gasteiger charge is -2.33. The number of nitrogens with one attached hydrogen (secondary N) is 1. The van der Waals surface area contributed by atoms with Crippen LogP contribution in [0, 0.1) is 0 Å². The maximum atomic E-state index is 5.53. The number of hydrogen-bond donors (Lipinski definition) is 1. The van der Waals surface area contributed by atoms with E-state index in [1.807, 2.05) is 12.1 Å². The van der Waals surface area contributed by atoms with E-state index in [1.54, 1.807) is 6.20 Å². The van der Waals surface area contributed by atoms with Gasteiger partial charge in [0.2, 0.25) is 11.7 Å². The average Bonchev–Trinajstić information content (AvgIpc) is 2.99. The predicted octanol–water partition coefficient (Wildman–Crippen LogP) is 2.93. The molecule has 2 aromatic rings. The maximum absolute atomic E-state index is 5.53. The van der Waals surface area contributed by atoms with E-state index in [0.717, 1.165) is 48.4 Å². The smallest absolute Gasteiger partial charge is 0.234 e. The van der Waals surface area contributed by atoms with Crippen LogP contribution >= 0.6 is 15.9 Å². The van der Waals surface area contributed by atoms with E-state index in [9.17, 15) is 0 Å². The largest absolute Gasteiger partial charge is 0.338 e. The van der Waals surface area contributed by atoms with Crippen LogP contribution in [0.1, 0.15) is 32.1 Å². The van der Waals surface area contributed by atoms with Gasteiger partial charge < -0.3 is 9.84 Å². The number of nitrogens with zero attached hydrogens (tertiary/aromatic N) is 3. The third kappa shape index (κ3) is 2.50. The lowest BCUT2D eigenvalue weighted by atomic mass is 9.78. The lowest BCUT2D eigenvalue weighted by Crippen LogP contribution is -2.43. The molecule has 3 rings (SSSR count). The molecule has 5 nitrogen and oxygen atoms in total. The molecule has 1 saturated heterocycles. The number of aromatic nitrogens is 3. The first-order valence-corrected chi connectivity index (χ1v) is 7.70. The first-order chi connectivity index (χ1) is 9.73. The molecule has 0 aliphatic carbocycles. The third-order valence-corrected chi connectivity index (χ3v) is 4.45. The Hall–Kier alpha value is -1.27. The van der Waals surface area contributed by atoms with E-state index in [2.05, 4.69) is 43.3 Å². The van der Waals surface area contributed by atoms with Gasteiger partial charge in [-0.3, -0.25) is 4.98 Å². The maximum Gasteiger partial charge on any atom is 0.234 e. The number of hydrogen-bond acceptors (Lipinski definition) is 5. The van der Waals surface area contributed by atoms with Gasteiger partial charge in [-0.05, 0) is 53.9 Å². The minimum atomic E-state index is -0.0289. The average molecular weight is 337 g/mol. The second-order valence-electron chi connectivity index (χ2n) is 5.20. The number of halogens is 1. The van der Waals surface area contributed by atoms with Crippen molar-refractivity contribution in [3.05, 3.63) is 28.7 Å². The Bertz CT molecular complexity index is 575. The zero-order chi connectivity index (χ0) is 14.0. The van der Waals surface area contributed by atoms with Gasteiger partial charge in [0, 0.05) is 17.2 Å². The highest BCUT2D eigenvalue weighted by atomic mass is 79.9. The Morgan fingerprint density at radius 2 is 2.35 bits per heavy atom. The first-order valence-electron chi connectivity index (χ1n) is 6.90. The summed E-state index contributed by atoms with van der Waals surface area (Å²) in [5, 5.41) is 7.52. The van der Waals surface area contributed by atoms with E-state index in [1.165, 1.54) is 0 Å². The molecule has 1 aliphatic rings. The van der Waals surface area contributed by atoms with Gasteiger partial charge in [0.25, 0.3) is 0 Å². The molecule has 106 valence electrons. The van der Waals surface area contributed by atoms with Crippen LogP contribution < -0.4 is 5.32 Å². The minimum absolute atomic E-state index is 0.0289. The highest BCUT2D eigenvalue weighted by molar-refractivity contribution is 9.10. The van der Waals surface area contributed by atoms with Gasteiger partial charge in [0.1, 0.15) is 5.69 Å². The van der Waals surface area contributed by atoms with Gasteiger partial charge in [-0.15, -0.1) is 0 Å². The van der Waals surface area contributed by atoms with Crippen molar-refractivity contribution in [2.24, 2.45) is 0 Å². The van der Waals surface area contributed by atoms with E-state index in [0.29, 0.717) is 5.82 Å². The molecule has 2 aromatic heterocycles. The number of piperidine rings is 1. The topological polar surface area (TPSA) is 63.8 Å². The molecule has 1 unspecified atom stereocenters. The molecule has 0 saturated carbocycles. The van der Waals surface area contributed by atoms with Gasteiger partial charge in [0.15, 0.2) is 0 Å². The fourth-order valence-electron chi connectivity index (χ4n) is 2.65. The Morgan fingerprint density at radius 1 is 1.45 bits per heavy atom. The van der Waals surface area contributed by atoms with Crippen molar-refractivity contribution < 1.29 is 4.52 Å². The van der Waals surface area contributed by atoms with Gasteiger partial charge >= 0.3 is 0 Å². The van der Waals surface area contributed by atoms with E-state index in [4.69, 9.17) is 4.52 Å². The summed E-state index contributed by atoms with van der Waals surface area (Å²) in [6.07, 6.45) is 4.96. The molecule has 1 aliphatic heterocycles. The van der Waals surface area contributed by atoms with Crippen molar-refractivity contribution in [2.45, 2.75) is 31.6 Å². The van der Waals surface area contributed by atoms with Crippen molar-refractivity contribution in [1.29, 1.82) is 0 Å². The molecular formula is C14H17BrN4O. The normalized spacial score (nSPS) is 22.9. The summed E-state index contributed by atoms with van der Waals surface area (Å²) in [6.45, 7) is 4.14. The molecule has 0 amide bonds. The highest BCUT2D eigenvalue weighted by Gasteiger charge is 2.37. The predicted molar refractivity (Wildman–Crippen MR) is 79.3 cm³/mol. The second kappa shape index (κ2) is 5.61. The molecular weight excluding hydrogens is 320 g/mol. The molecule has 0 bridgehead atoms. The SMILES string of the molecule is CCC1(c2nc(-c3ccc(Br)cn3)no2)CCCNC1. The van der Waals surface area contributed by atoms with Crippen LogP contribution in [-0.4, -0.2) is 28.2 Å². The Kier molecular flexibility index (Phi) is 3.85. The molecule has 0 radical (unpaired) electrons. The first kappa shape index (κ1) is 13.7. The minimum Gasteiger partial charge on any atom is -0.338 e. The zero-order valence-corrected chi connectivity index (χ0v) is 13.0. The quantitative estimate of drug-likeness (QED) is 0.933. The van der Waals surface area contributed by atoms with Crippen LogP contribution in [0.25, 0.3) is 11.5 Å². The van der Waals surface area contributed by atoms with Crippen LogP contribution in [0.2, 0.25) is 0 Å². The Balaban J connectivity index is 1.91. The van der Waals surface area contributed by atoms with Crippen molar-refractivity contribution >= 4 is 15.9 Å². The van der Waals surface area contributed by atoms with Crippen LogP contribution in [0.3, 0.4) is 0 Å². The summed E-state index contributed by atoms with van der Waals surface area (Å²) in [4.78, 5) is 8.89. The summed E-state index contributed by atoms with van der Waals surface area (Å²) in [5.74, 6) is 1.29. The van der Waals surface area contributed by atoms with Crippen molar-refractivity contribution in [3.8, 4) is 11.5 Å². The summed E-state index contributed by atoms with van der Waals surface area (Å²) in [5.41, 5.74) is 0.706. The van der Waals surface area contributed by atoms with Gasteiger partial charge in [-0.1, -0.05) is 12.1 Å². The lowest BCUT2D eigenvalue weighted by molar-refractivity contribution is 0.221. The molecule has 1 atom stereocenters. The van der Waals surface area contributed by atoms with Crippen molar-refractivity contribution in [3.63, 3.8) is 0 Å². The van der Waals surface area contributed by atoms with E-state index in [-0.39, 0.29) is 5.41 Å². The van der Waals surface area contributed by atoms with E-state index < -0.39 is 0 Å². The van der Waals surface area contributed by atoms with E-state index >= 15 is 0 Å². The fraction of sp³-hybridized carbons (Fsp3) is 0.500. The van der Waals surface area contributed by atoms with Crippen LogP contribution in [0.4, 0.5) is 0 Å². The number of pyridine rings is 1. The van der Waals surface area contributed by atoms with Crippen molar-refractivity contribution in [1.82, 2.24) is 20.4 Å². The molecule has 0 spiro atoms. The highest BCUT2D eigenvalue weighted by Crippen LogP contribution is 2.34. The zero-order valence-electron chi connectivity index (χ0n) is 11.4. The Labute approximate surface area is 126 Å². The summed E-state index contributed by atoms with van der Waals surface area (Å²) < 4.78 is 6.47. The standard InChI is InChI=1S/C14H17BrN4O/c1-2-14(6-3-7-16-9-14)13-18-12(19-20-13)11-5-4-10(15)8-17-11/h4-5,8,16H,2-3,6-7,9H2,1H3. The molecule has 1 N–H and O–H groups in total. The van der Waals surface area contributed by atoms with Crippen LogP contribution in [-0.2, 0) is 5.41 Å². The van der Waals surface area contributed by atoms with Gasteiger partial charge in [-0.2, -0.15) is 4.98 Å². The fourth-order valence-corrected chi connectivity index (χ4v) is 2.89. The molecule has 1 fully saturated rings. The molecule has 0 aromatic carbocycles. The van der Waals surface area contributed by atoms with Gasteiger partial charge in [-0.25, -0.2) is 0 Å². The third-order valence-electron chi connectivity index (χ3n) is 3.99. The molecule has 20 heavy (non-hydrogen) atoms.